The minimum Gasteiger partial charge on any atom is -0.494 e. The lowest BCUT2D eigenvalue weighted by Gasteiger charge is -2.28. The number of hydrogen-bond acceptors (Lipinski definition) is 1. The number of ether oxygens (including phenoxy) is 1. The number of unbranched alkanes of at least 4 members (excludes halogenated alkanes) is 3. The van der Waals surface area contributed by atoms with Crippen molar-refractivity contribution in [1.82, 2.24) is 0 Å². The van der Waals surface area contributed by atoms with Crippen molar-refractivity contribution in [3.63, 3.8) is 0 Å². The average molecular weight is 379 g/mol. The van der Waals surface area contributed by atoms with E-state index in [0.29, 0.717) is 0 Å². The maximum absolute atomic E-state index is 5.87. The topological polar surface area (TPSA) is 9.23 Å². The molecule has 0 N–H and O–H groups in total. The van der Waals surface area contributed by atoms with Crippen molar-refractivity contribution < 1.29 is 4.74 Å². The first kappa shape index (κ1) is 21.0. The van der Waals surface area contributed by atoms with E-state index in [1.165, 1.54) is 74.5 Å². The Morgan fingerprint density at radius 2 is 1.36 bits per heavy atom. The SMILES string of the molecule is CCCCCCOc1ccc(-c2ccc(C3CCC(CCC)CC3)cc2)cc1. The number of benzene rings is 2. The van der Waals surface area contributed by atoms with Crippen LogP contribution in [-0.4, -0.2) is 6.61 Å². The summed E-state index contributed by atoms with van der Waals surface area (Å²) in [5.74, 6) is 2.74. The molecule has 1 fully saturated rings. The van der Waals surface area contributed by atoms with Gasteiger partial charge in [0.25, 0.3) is 0 Å². The molecule has 0 bridgehead atoms. The van der Waals surface area contributed by atoms with E-state index in [4.69, 9.17) is 4.74 Å². The molecule has 0 spiro atoms. The van der Waals surface area contributed by atoms with Gasteiger partial charge in [0.15, 0.2) is 0 Å². The van der Waals surface area contributed by atoms with Gasteiger partial charge in [-0.3, -0.25) is 0 Å². The zero-order chi connectivity index (χ0) is 19.6. The fourth-order valence-corrected chi connectivity index (χ4v) is 4.60. The number of rotatable bonds is 10. The maximum Gasteiger partial charge on any atom is 0.119 e. The predicted molar refractivity (Wildman–Crippen MR) is 121 cm³/mol. The van der Waals surface area contributed by atoms with E-state index in [-0.39, 0.29) is 0 Å². The van der Waals surface area contributed by atoms with Crippen molar-refractivity contribution in [3.8, 4) is 16.9 Å². The highest BCUT2D eigenvalue weighted by atomic mass is 16.5. The summed E-state index contributed by atoms with van der Waals surface area (Å²) < 4.78 is 5.87. The van der Waals surface area contributed by atoms with Crippen LogP contribution in [0.3, 0.4) is 0 Å². The van der Waals surface area contributed by atoms with Gasteiger partial charge in [0, 0.05) is 0 Å². The van der Waals surface area contributed by atoms with Crippen LogP contribution < -0.4 is 4.74 Å². The van der Waals surface area contributed by atoms with Crippen LogP contribution >= 0.6 is 0 Å². The van der Waals surface area contributed by atoms with Crippen LogP contribution in [0.1, 0.15) is 89.5 Å². The fourth-order valence-electron chi connectivity index (χ4n) is 4.60. The summed E-state index contributed by atoms with van der Waals surface area (Å²) in [6.45, 7) is 5.38. The third kappa shape index (κ3) is 6.12. The van der Waals surface area contributed by atoms with Crippen LogP contribution in [0.4, 0.5) is 0 Å². The molecule has 0 unspecified atom stereocenters. The molecule has 1 aliphatic rings. The molecule has 0 amide bonds. The summed E-state index contributed by atoms with van der Waals surface area (Å²) in [5.41, 5.74) is 4.11. The van der Waals surface area contributed by atoms with E-state index in [0.717, 1.165) is 30.6 Å². The Bertz CT molecular complexity index is 662. The van der Waals surface area contributed by atoms with Crippen molar-refractivity contribution in [3.05, 3.63) is 54.1 Å². The third-order valence-corrected chi connectivity index (χ3v) is 6.38. The molecule has 2 aromatic carbocycles. The Morgan fingerprint density at radius 3 is 1.96 bits per heavy atom. The van der Waals surface area contributed by atoms with Crippen molar-refractivity contribution in [2.75, 3.05) is 6.61 Å². The Balaban J connectivity index is 1.51. The minimum absolute atomic E-state index is 0.769. The highest BCUT2D eigenvalue weighted by Gasteiger charge is 2.21. The summed E-state index contributed by atoms with van der Waals surface area (Å²) in [5, 5.41) is 0. The fraction of sp³-hybridized carbons (Fsp3) is 0.556. The van der Waals surface area contributed by atoms with E-state index >= 15 is 0 Å². The molecular weight excluding hydrogens is 340 g/mol. The molecule has 28 heavy (non-hydrogen) atoms. The monoisotopic (exact) mass is 378 g/mol. The van der Waals surface area contributed by atoms with Gasteiger partial charge in [-0.25, -0.2) is 0 Å². The summed E-state index contributed by atoms with van der Waals surface area (Å²) >= 11 is 0. The van der Waals surface area contributed by atoms with E-state index in [9.17, 15) is 0 Å². The lowest BCUT2D eigenvalue weighted by molar-refractivity contribution is 0.305. The van der Waals surface area contributed by atoms with Crippen molar-refractivity contribution in [1.29, 1.82) is 0 Å². The molecule has 1 saturated carbocycles. The van der Waals surface area contributed by atoms with Crippen LogP contribution in [-0.2, 0) is 0 Å². The van der Waals surface area contributed by atoms with Gasteiger partial charge in [0.2, 0.25) is 0 Å². The molecule has 152 valence electrons. The van der Waals surface area contributed by atoms with E-state index in [1.54, 1.807) is 0 Å². The molecule has 3 rings (SSSR count). The largest absolute Gasteiger partial charge is 0.494 e. The predicted octanol–water partition coefficient (Wildman–Crippen LogP) is 8.39. The van der Waals surface area contributed by atoms with Gasteiger partial charge in [0.1, 0.15) is 5.75 Å². The Kier molecular flexibility index (Phi) is 8.45. The van der Waals surface area contributed by atoms with Crippen molar-refractivity contribution in [2.45, 2.75) is 84.0 Å². The molecule has 0 aliphatic heterocycles. The van der Waals surface area contributed by atoms with E-state index in [1.807, 2.05) is 0 Å². The zero-order valence-corrected chi connectivity index (χ0v) is 18.0. The summed E-state index contributed by atoms with van der Waals surface area (Å²) in [6.07, 6.45) is 13.3. The first-order chi connectivity index (χ1) is 13.8. The smallest absolute Gasteiger partial charge is 0.119 e. The zero-order valence-electron chi connectivity index (χ0n) is 18.0. The van der Waals surface area contributed by atoms with Crippen LogP contribution in [0.2, 0.25) is 0 Å². The van der Waals surface area contributed by atoms with Gasteiger partial charge in [-0.15, -0.1) is 0 Å². The summed E-state index contributed by atoms with van der Waals surface area (Å²) in [4.78, 5) is 0. The van der Waals surface area contributed by atoms with Gasteiger partial charge in [-0.05, 0) is 72.8 Å². The van der Waals surface area contributed by atoms with Gasteiger partial charge in [-0.1, -0.05) is 82.3 Å². The van der Waals surface area contributed by atoms with Gasteiger partial charge < -0.3 is 4.74 Å². The highest BCUT2D eigenvalue weighted by Crippen LogP contribution is 2.38. The molecule has 2 aromatic rings. The van der Waals surface area contributed by atoms with Crippen LogP contribution in [0.5, 0.6) is 5.75 Å². The quantitative estimate of drug-likeness (QED) is 0.377. The van der Waals surface area contributed by atoms with Crippen LogP contribution in [0, 0.1) is 5.92 Å². The summed E-state index contributed by atoms with van der Waals surface area (Å²) in [6, 6.07) is 17.9. The maximum atomic E-state index is 5.87. The lowest BCUT2D eigenvalue weighted by Crippen LogP contribution is -2.13. The molecule has 0 radical (unpaired) electrons. The Hall–Kier alpha value is -1.76. The molecule has 0 saturated heterocycles. The molecule has 0 aromatic heterocycles. The van der Waals surface area contributed by atoms with Gasteiger partial charge in [0.05, 0.1) is 6.61 Å². The molecule has 1 nitrogen and oxygen atoms in total. The second-order valence-electron chi connectivity index (χ2n) is 8.56. The molecular formula is C27H38O. The molecule has 0 atom stereocenters. The van der Waals surface area contributed by atoms with Crippen LogP contribution in [0.15, 0.2) is 48.5 Å². The van der Waals surface area contributed by atoms with Crippen molar-refractivity contribution in [2.24, 2.45) is 5.92 Å². The van der Waals surface area contributed by atoms with E-state index < -0.39 is 0 Å². The van der Waals surface area contributed by atoms with Gasteiger partial charge in [-0.2, -0.15) is 0 Å². The van der Waals surface area contributed by atoms with Crippen LogP contribution in [0.25, 0.3) is 11.1 Å². The van der Waals surface area contributed by atoms with E-state index in [2.05, 4.69) is 62.4 Å². The normalized spacial score (nSPS) is 19.5. The average Bonchev–Trinajstić information content (AvgIpc) is 2.75. The Morgan fingerprint density at radius 1 is 0.714 bits per heavy atom. The third-order valence-electron chi connectivity index (χ3n) is 6.38. The molecule has 1 heteroatoms. The first-order valence-corrected chi connectivity index (χ1v) is 11.6. The minimum atomic E-state index is 0.769. The Labute approximate surface area is 172 Å². The first-order valence-electron chi connectivity index (χ1n) is 11.6. The van der Waals surface area contributed by atoms with Crippen molar-refractivity contribution >= 4 is 0 Å². The number of hydrogen-bond donors (Lipinski definition) is 0. The molecule has 0 heterocycles. The molecule has 1 aliphatic carbocycles. The highest BCUT2D eigenvalue weighted by molar-refractivity contribution is 5.64. The standard InChI is InChI=1S/C27H38O/c1-3-5-6-7-21-28-27-19-17-26(18-20-27)25-15-13-24(14-16-25)23-11-9-22(8-4-2)10-12-23/h13-20,22-23H,3-12,21H2,1-2H3. The second-order valence-corrected chi connectivity index (χ2v) is 8.56. The second kappa shape index (κ2) is 11.3. The summed E-state index contributed by atoms with van der Waals surface area (Å²) in [7, 11) is 0. The lowest BCUT2D eigenvalue weighted by atomic mass is 9.77. The van der Waals surface area contributed by atoms with Gasteiger partial charge >= 0.3 is 0 Å².